The Morgan fingerprint density at radius 1 is 1.50 bits per heavy atom. The molecule has 1 rings (SSSR count). The minimum absolute atomic E-state index is 0.674. The predicted octanol–water partition coefficient (Wildman–Crippen LogP) is 0.970. The molecule has 0 aromatic rings. The van der Waals surface area contributed by atoms with E-state index in [4.69, 9.17) is 0 Å². The maximum absolute atomic E-state index is 4.12. The fourth-order valence-electron chi connectivity index (χ4n) is 1.41. The van der Waals surface area contributed by atoms with Crippen LogP contribution in [0.3, 0.4) is 0 Å². The van der Waals surface area contributed by atoms with E-state index in [0.29, 0.717) is 6.04 Å². The number of aliphatic imine (C=N–C) groups is 1. The zero-order valence-electron chi connectivity index (χ0n) is 8.22. The quantitative estimate of drug-likeness (QED) is 0.488. The van der Waals surface area contributed by atoms with Gasteiger partial charge >= 0.3 is 0 Å². The van der Waals surface area contributed by atoms with Crippen LogP contribution >= 0.6 is 0 Å². The van der Waals surface area contributed by atoms with Gasteiger partial charge in [0.05, 0.1) is 0 Å². The molecular formula is C9H19N3. The molecule has 0 aromatic heterocycles. The first-order valence-electron chi connectivity index (χ1n) is 4.79. The SMILES string of the molecule is CCNC(=NC)NC1CC1CC. The number of rotatable bonds is 3. The van der Waals surface area contributed by atoms with E-state index in [1.807, 2.05) is 7.05 Å². The Labute approximate surface area is 74.6 Å². The summed E-state index contributed by atoms with van der Waals surface area (Å²) in [5.74, 6) is 1.82. The second kappa shape index (κ2) is 4.33. The molecule has 0 radical (unpaired) electrons. The van der Waals surface area contributed by atoms with Gasteiger partial charge in [-0.15, -0.1) is 0 Å². The van der Waals surface area contributed by atoms with E-state index in [0.717, 1.165) is 18.4 Å². The van der Waals surface area contributed by atoms with Gasteiger partial charge in [0.15, 0.2) is 5.96 Å². The summed E-state index contributed by atoms with van der Waals surface area (Å²) in [6.45, 7) is 5.25. The van der Waals surface area contributed by atoms with Gasteiger partial charge in [0.1, 0.15) is 0 Å². The van der Waals surface area contributed by atoms with E-state index in [1.165, 1.54) is 12.8 Å². The highest BCUT2D eigenvalue weighted by atomic mass is 15.2. The Hall–Kier alpha value is -0.730. The smallest absolute Gasteiger partial charge is 0.191 e. The average Bonchev–Trinajstić information content (AvgIpc) is 2.82. The van der Waals surface area contributed by atoms with Crippen molar-refractivity contribution in [3.05, 3.63) is 0 Å². The molecule has 12 heavy (non-hydrogen) atoms. The Bertz CT molecular complexity index is 165. The highest BCUT2D eigenvalue weighted by Gasteiger charge is 2.35. The summed E-state index contributed by atoms with van der Waals surface area (Å²) >= 11 is 0. The third-order valence-electron chi connectivity index (χ3n) is 2.34. The van der Waals surface area contributed by atoms with Crippen LogP contribution in [-0.2, 0) is 0 Å². The maximum Gasteiger partial charge on any atom is 0.191 e. The molecule has 1 fully saturated rings. The zero-order chi connectivity index (χ0) is 8.97. The third kappa shape index (κ3) is 2.40. The van der Waals surface area contributed by atoms with Gasteiger partial charge in [0, 0.05) is 19.6 Å². The molecule has 3 nitrogen and oxygen atoms in total. The summed E-state index contributed by atoms with van der Waals surface area (Å²) in [7, 11) is 1.81. The molecule has 70 valence electrons. The van der Waals surface area contributed by atoms with Crippen LogP contribution in [-0.4, -0.2) is 25.6 Å². The molecule has 0 aromatic carbocycles. The fourth-order valence-corrected chi connectivity index (χ4v) is 1.41. The van der Waals surface area contributed by atoms with Gasteiger partial charge < -0.3 is 10.6 Å². The van der Waals surface area contributed by atoms with Crippen molar-refractivity contribution in [3.63, 3.8) is 0 Å². The minimum atomic E-state index is 0.674. The topological polar surface area (TPSA) is 36.4 Å². The molecule has 0 amide bonds. The summed E-state index contributed by atoms with van der Waals surface area (Å²) in [6.07, 6.45) is 2.59. The molecule has 0 spiro atoms. The lowest BCUT2D eigenvalue weighted by molar-refractivity contribution is 0.709. The van der Waals surface area contributed by atoms with Crippen LogP contribution in [0.15, 0.2) is 4.99 Å². The molecule has 3 heteroatoms. The van der Waals surface area contributed by atoms with Crippen molar-refractivity contribution >= 4 is 5.96 Å². The molecule has 1 aliphatic carbocycles. The van der Waals surface area contributed by atoms with Crippen molar-refractivity contribution in [2.45, 2.75) is 32.7 Å². The molecular weight excluding hydrogens is 150 g/mol. The van der Waals surface area contributed by atoms with E-state index in [-0.39, 0.29) is 0 Å². The van der Waals surface area contributed by atoms with Gasteiger partial charge in [-0.25, -0.2) is 0 Å². The maximum atomic E-state index is 4.12. The van der Waals surface area contributed by atoms with E-state index in [1.54, 1.807) is 0 Å². The number of nitrogens with zero attached hydrogens (tertiary/aromatic N) is 1. The molecule has 0 heterocycles. The second-order valence-corrected chi connectivity index (χ2v) is 3.26. The Morgan fingerprint density at radius 3 is 2.67 bits per heavy atom. The third-order valence-corrected chi connectivity index (χ3v) is 2.34. The fraction of sp³-hybridized carbons (Fsp3) is 0.889. The molecule has 0 saturated heterocycles. The Kier molecular flexibility index (Phi) is 3.38. The molecule has 1 saturated carbocycles. The first-order chi connectivity index (χ1) is 5.81. The molecule has 0 aliphatic heterocycles. The van der Waals surface area contributed by atoms with E-state index in [9.17, 15) is 0 Å². The Balaban J connectivity index is 2.21. The van der Waals surface area contributed by atoms with Gasteiger partial charge in [-0.2, -0.15) is 0 Å². The lowest BCUT2D eigenvalue weighted by Crippen LogP contribution is -2.38. The summed E-state index contributed by atoms with van der Waals surface area (Å²) in [5.41, 5.74) is 0. The minimum Gasteiger partial charge on any atom is -0.357 e. The van der Waals surface area contributed by atoms with Crippen molar-refractivity contribution < 1.29 is 0 Å². The van der Waals surface area contributed by atoms with Crippen LogP contribution in [0.4, 0.5) is 0 Å². The number of hydrogen-bond acceptors (Lipinski definition) is 1. The van der Waals surface area contributed by atoms with Crippen molar-refractivity contribution in [3.8, 4) is 0 Å². The first kappa shape index (κ1) is 9.36. The van der Waals surface area contributed by atoms with Gasteiger partial charge in [-0.1, -0.05) is 13.3 Å². The van der Waals surface area contributed by atoms with Crippen molar-refractivity contribution in [2.24, 2.45) is 10.9 Å². The van der Waals surface area contributed by atoms with Crippen LogP contribution in [0.2, 0.25) is 0 Å². The van der Waals surface area contributed by atoms with Crippen LogP contribution in [0.5, 0.6) is 0 Å². The van der Waals surface area contributed by atoms with Crippen LogP contribution in [0, 0.1) is 5.92 Å². The Morgan fingerprint density at radius 2 is 2.25 bits per heavy atom. The highest BCUT2D eigenvalue weighted by molar-refractivity contribution is 5.80. The largest absolute Gasteiger partial charge is 0.357 e. The molecule has 2 N–H and O–H groups in total. The van der Waals surface area contributed by atoms with Gasteiger partial charge in [0.25, 0.3) is 0 Å². The lowest BCUT2D eigenvalue weighted by Gasteiger charge is -2.09. The predicted molar refractivity (Wildman–Crippen MR) is 52.4 cm³/mol. The van der Waals surface area contributed by atoms with Gasteiger partial charge in [-0.3, -0.25) is 4.99 Å². The van der Waals surface area contributed by atoms with Gasteiger partial charge in [-0.05, 0) is 19.3 Å². The second-order valence-electron chi connectivity index (χ2n) is 3.26. The average molecular weight is 169 g/mol. The summed E-state index contributed by atoms with van der Waals surface area (Å²) in [6, 6.07) is 0.674. The standard InChI is InChI=1S/C9H19N3/c1-4-7-6-8(7)12-9(10-3)11-5-2/h7-8H,4-6H2,1-3H3,(H2,10,11,12). The van der Waals surface area contributed by atoms with Crippen LogP contribution in [0.25, 0.3) is 0 Å². The number of nitrogens with one attached hydrogen (secondary N) is 2. The van der Waals surface area contributed by atoms with Crippen molar-refractivity contribution in [1.82, 2.24) is 10.6 Å². The zero-order valence-corrected chi connectivity index (χ0v) is 8.22. The van der Waals surface area contributed by atoms with Crippen LogP contribution < -0.4 is 10.6 Å². The van der Waals surface area contributed by atoms with Crippen molar-refractivity contribution in [1.29, 1.82) is 0 Å². The van der Waals surface area contributed by atoms with Crippen LogP contribution in [0.1, 0.15) is 26.7 Å². The summed E-state index contributed by atoms with van der Waals surface area (Å²) in [4.78, 5) is 4.12. The van der Waals surface area contributed by atoms with Gasteiger partial charge in [0.2, 0.25) is 0 Å². The summed E-state index contributed by atoms with van der Waals surface area (Å²) < 4.78 is 0. The molecule has 2 atom stereocenters. The van der Waals surface area contributed by atoms with E-state index in [2.05, 4.69) is 29.5 Å². The first-order valence-corrected chi connectivity index (χ1v) is 4.79. The lowest BCUT2D eigenvalue weighted by atomic mass is 10.3. The normalized spacial score (nSPS) is 28.4. The monoisotopic (exact) mass is 169 g/mol. The van der Waals surface area contributed by atoms with Crippen molar-refractivity contribution in [2.75, 3.05) is 13.6 Å². The highest BCUT2D eigenvalue weighted by Crippen LogP contribution is 2.32. The molecule has 2 unspecified atom stereocenters. The van der Waals surface area contributed by atoms with E-state index < -0.39 is 0 Å². The molecule has 0 bridgehead atoms. The summed E-state index contributed by atoms with van der Waals surface area (Å²) in [5, 5.41) is 6.57. The number of hydrogen-bond donors (Lipinski definition) is 2. The molecule has 1 aliphatic rings. The number of guanidine groups is 1. The van der Waals surface area contributed by atoms with E-state index >= 15 is 0 Å².